The van der Waals surface area contributed by atoms with E-state index in [1.807, 2.05) is 37.5 Å². The van der Waals surface area contributed by atoms with Crippen molar-refractivity contribution in [1.82, 2.24) is 14.8 Å². The number of anilines is 1. The van der Waals surface area contributed by atoms with E-state index in [4.69, 9.17) is 5.73 Å². The molecule has 0 fully saturated rings. The van der Waals surface area contributed by atoms with E-state index in [-0.39, 0.29) is 6.04 Å². The normalized spacial score (nSPS) is 13.0. The molecule has 2 N–H and O–H groups in total. The summed E-state index contributed by atoms with van der Waals surface area (Å²) in [4.78, 5) is 1.93. The van der Waals surface area contributed by atoms with Crippen LogP contribution in [0.1, 0.15) is 12.7 Å². The number of hydrogen-bond donors (Lipinski definition) is 1. The first-order chi connectivity index (χ1) is 6.02. The summed E-state index contributed by atoms with van der Waals surface area (Å²) >= 11 is 0. The van der Waals surface area contributed by atoms with Crippen molar-refractivity contribution in [3.8, 4) is 0 Å². The number of aromatic nitrogens is 3. The van der Waals surface area contributed by atoms with Gasteiger partial charge in [0.1, 0.15) is 5.82 Å². The lowest BCUT2D eigenvalue weighted by molar-refractivity contribution is 0.669. The smallest absolute Gasteiger partial charge is 0.226 e. The van der Waals surface area contributed by atoms with E-state index in [0.717, 1.165) is 18.2 Å². The van der Waals surface area contributed by atoms with Crippen LogP contribution in [0.4, 0.5) is 5.95 Å². The maximum atomic E-state index is 5.68. The Bertz CT molecular complexity index is 276. The molecule has 0 spiro atoms. The summed E-state index contributed by atoms with van der Waals surface area (Å²) < 4.78 is 1.96. The van der Waals surface area contributed by atoms with E-state index in [1.54, 1.807) is 0 Å². The minimum atomic E-state index is 0.123. The van der Waals surface area contributed by atoms with Gasteiger partial charge in [0.05, 0.1) is 0 Å². The quantitative estimate of drug-likeness (QED) is 0.703. The molecule has 0 radical (unpaired) electrons. The van der Waals surface area contributed by atoms with Crippen LogP contribution in [0.15, 0.2) is 0 Å². The van der Waals surface area contributed by atoms with E-state index in [2.05, 4.69) is 10.2 Å². The second-order valence-corrected chi connectivity index (χ2v) is 3.55. The molecule has 1 atom stereocenters. The van der Waals surface area contributed by atoms with Gasteiger partial charge >= 0.3 is 0 Å². The van der Waals surface area contributed by atoms with Gasteiger partial charge in [-0.3, -0.25) is 0 Å². The highest BCUT2D eigenvalue weighted by molar-refractivity contribution is 5.27. The Hall–Kier alpha value is -1.10. The second-order valence-electron chi connectivity index (χ2n) is 3.55. The van der Waals surface area contributed by atoms with Gasteiger partial charge in [0.15, 0.2) is 0 Å². The summed E-state index contributed by atoms with van der Waals surface area (Å²) in [5.74, 6) is 1.79. The molecule has 1 rings (SSSR count). The van der Waals surface area contributed by atoms with Crippen LogP contribution in [-0.2, 0) is 13.5 Å². The van der Waals surface area contributed by atoms with Crippen LogP contribution in [0.25, 0.3) is 0 Å². The Balaban J connectivity index is 2.86. The minimum Gasteiger partial charge on any atom is -0.347 e. The molecule has 0 saturated heterocycles. The van der Waals surface area contributed by atoms with Gasteiger partial charge in [0.25, 0.3) is 0 Å². The van der Waals surface area contributed by atoms with Crippen molar-refractivity contribution in [2.45, 2.75) is 19.4 Å². The van der Waals surface area contributed by atoms with Crippen molar-refractivity contribution in [3.05, 3.63) is 5.82 Å². The average Bonchev–Trinajstić information content (AvgIpc) is 2.32. The maximum Gasteiger partial charge on any atom is 0.226 e. The molecule has 5 heteroatoms. The van der Waals surface area contributed by atoms with Crippen molar-refractivity contribution >= 4 is 5.95 Å². The zero-order valence-corrected chi connectivity index (χ0v) is 8.65. The first kappa shape index (κ1) is 9.98. The van der Waals surface area contributed by atoms with Gasteiger partial charge in [-0.25, -0.2) is 0 Å². The van der Waals surface area contributed by atoms with Crippen molar-refractivity contribution in [2.24, 2.45) is 12.8 Å². The molecule has 1 heterocycles. The summed E-state index contributed by atoms with van der Waals surface area (Å²) in [5, 5.41) is 8.12. The molecule has 1 aromatic rings. The summed E-state index contributed by atoms with van der Waals surface area (Å²) in [7, 11) is 5.84. The van der Waals surface area contributed by atoms with Crippen molar-refractivity contribution in [3.63, 3.8) is 0 Å². The highest BCUT2D eigenvalue weighted by Crippen LogP contribution is 2.08. The molecular formula is C8H17N5. The van der Waals surface area contributed by atoms with Crippen LogP contribution in [0.5, 0.6) is 0 Å². The molecular weight excluding hydrogens is 166 g/mol. The van der Waals surface area contributed by atoms with Crippen LogP contribution in [-0.4, -0.2) is 34.9 Å². The lowest BCUT2D eigenvalue weighted by Crippen LogP contribution is -2.21. The molecule has 0 bridgehead atoms. The topological polar surface area (TPSA) is 60.0 Å². The molecule has 1 aromatic heterocycles. The Morgan fingerprint density at radius 1 is 1.46 bits per heavy atom. The SMILES string of the molecule is CC(N)Cc1nnc(N(C)C)n1C. The highest BCUT2D eigenvalue weighted by atomic mass is 15.4. The molecule has 0 saturated carbocycles. The Morgan fingerprint density at radius 2 is 2.08 bits per heavy atom. The minimum absolute atomic E-state index is 0.123. The van der Waals surface area contributed by atoms with Gasteiger partial charge in [-0.2, -0.15) is 0 Å². The molecule has 0 aliphatic heterocycles. The average molecular weight is 183 g/mol. The van der Waals surface area contributed by atoms with Crippen molar-refractivity contribution < 1.29 is 0 Å². The summed E-state index contributed by atoms with van der Waals surface area (Å²) in [6, 6.07) is 0.123. The molecule has 0 amide bonds. The summed E-state index contributed by atoms with van der Waals surface area (Å²) in [5.41, 5.74) is 5.68. The van der Waals surface area contributed by atoms with Gasteiger partial charge in [0, 0.05) is 33.6 Å². The fraction of sp³-hybridized carbons (Fsp3) is 0.750. The van der Waals surface area contributed by atoms with E-state index < -0.39 is 0 Å². The molecule has 0 aromatic carbocycles. The van der Waals surface area contributed by atoms with E-state index >= 15 is 0 Å². The first-order valence-electron chi connectivity index (χ1n) is 4.33. The van der Waals surface area contributed by atoms with E-state index in [0.29, 0.717) is 0 Å². The van der Waals surface area contributed by atoms with Gasteiger partial charge in [-0.1, -0.05) is 0 Å². The van der Waals surface area contributed by atoms with Crippen LogP contribution in [0, 0.1) is 0 Å². The van der Waals surface area contributed by atoms with Gasteiger partial charge in [-0.05, 0) is 6.92 Å². The summed E-state index contributed by atoms with van der Waals surface area (Å²) in [6.07, 6.45) is 0.761. The van der Waals surface area contributed by atoms with Crippen molar-refractivity contribution in [2.75, 3.05) is 19.0 Å². The number of nitrogens with two attached hydrogens (primary N) is 1. The molecule has 0 aliphatic carbocycles. The molecule has 74 valence electrons. The summed E-state index contributed by atoms with van der Waals surface area (Å²) in [6.45, 7) is 1.96. The molecule has 0 aliphatic rings. The lowest BCUT2D eigenvalue weighted by atomic mass is 10.2. The third-order valence-corrected chi connectivity index (χ3v) is 1.85. The predicted octanol–water partition coefficient (Wildman–Crippen LogP) is -0.229. The van der Waals surface area contributed by atoms with Crippen molar-refractivity contribution in [1.29, 1.82) is 0 Å². The highest BCUT2D eigenvalue weighted by Gasteiger charge is 2.10. The third-order valence-electron chi connectivity index (χ3n) is 1.85. The van der Waals surface area contributed by atoms with E-state index in [1.165, 1.54) is 0 Å². The monoisotopic (exact) mass is 183 g/mol. The molecule has 5 nitrogen and oxygen atoms in total. The van der Waals surface area contributed by atoms with Gasteiger partial charge in [-0.15, -0.1) is 10.2 Å². The maximum absolute atomic E-state index is 5.68. The first-order valence-corrected chi connectivity index (χ1v) is 4.33. The van der Waals surface area contributed by atoms with Crippen LogP contribution in [0.3, 0.4) is 0 Å². The van der Waals surface area contributed by atoms with Crippen LogP contribution in [0.2, 0.25) is 0 Å². The fourth-order valence-electron chi connectivity index (χ4n) is 1.21. The zero-order chi connectivity index (χ0) is 10.0. The van der Waals surface area contributed by atoms with Crippen LogP contribution >= 0.6 is 0 Å². The Labute approximate surface area is 78.5 Å². The fourth-order valence-corrected chi connectivity index (χ4v) is 1.21. The zero-order valence-electron chi connectivity index (χ0n) is 8.65. The lowest BCUT2D eigenvalue weighted by Gasteiger charge is -2.11. The van der Waals surface area contributed by atoms with E-state index in [9.17, 15) is 0 Å². The number of hydrogen-bond acceptors (Lipinski definition) is 4. The Morgan fingerprint density at radius 3 is 2.46 bits per heavy atom. The standard InChI is InChI=1S/C8H17N5/c1-6(9)5-7-10-11-8(12(2)3)13(7)4/h6H,5,9H2,1-4H3. The van der Waals surface area contributed by atoms with Crippen LogP contribution < -0.4 is 10.6 Å². The molecule has 13 heavy (non-hydrogen) atoms. The predicted molar refractivity (Wildman–Crippen MR) is 52.7 cm³/mol. The van der Waals surface area contributed by atoms with Gasteiger partial charge < -0.3 is 15.2 Å². The molecule has 1 unspecified atom stereocenters. The largest absolute Gasteiger partial charge is 0.347 e. The Kier molecular flexibility index (Phi) is 2.87. The number of nitrogens with zero attached hydrogens (tertiary/aromatic N) is 4. The van der Waals surface area contributed by atoms with Gasteiger partial charge in [0.2, 0.25) is 5.95 Å². The second kappa shape index (κ2) is 3.74. The number of rotatable bonds is 3. The third kappa shape index (κ3) is 2.18.